The Hall–Kier alpha value is -2.16. The van der Waals surface area contributed by atoms with Crippen LogP contribution in [0, 0.1) is 12.8 Å². The minimum Gasteiger partial charge on any atom is -0.493 e. The van der Waals surface area contributed by atoms with Crippen molar-refractivity contribution in [1.29, 1.82) is 0 Å². The molecule has 0 heterocycles. The van der Waals surface area contributed by atoms with E-state index < -0.39 is 0 Å². The van der Waals surface area contributed by atoms with Gasteiger partial charge >= 0.3 is 0 Å². The van der Waals surface area contributed by atoms with Crippen molar-refractivity contribution in [3.05, 3.63) is 54.1 Å². The normalized spacial score (nSPS) is 12.0. The van der Waals surface area contributed by atoms with Crippen LogP contribution in [0.1, 0.15) is 26.3 Å². The summed E-state index contributed by atoms with van der Waals surface area (Å²) in [7, 11) is 0. The van der Waals surface area contributed by atoms with Gasteiger partial charge in [-0.3, -0.25) is 0 Å². The lowest BCUT2D eigenvalue weighted by Gasteiger charge is -2.16. The van der Waals surface area contributed by atoms with Gasteiger partial charge in [-0.1, -0.05) is 31.5 Å². The lowest BCUT2D eigenvalue weighted by molar-refractivity contribution is 0.234. The number of anilines is 1. The standard InChI is InChI=1S/C20H27NO2/c1-15(2)14-22-19-11-7-18(8-12-19)21-13-17(4)23-20-9-5-16(3)6-10-20/h5-12,15,17,21H,13-14H2,1-4H3. The van der Waals surface area contributed by atoms with Gasteiger partial charge in [-0.15, -0.1) is 0 Å². The monoisotopic (exact) mass is 313 g/mol. The molecule has 124 valence electrons. The number of nitrogens with one attached hydrogen (secondary N) is 1. The molecule has 0 aliphatic heterocycles. The third-order valence-electron chi connectivity index (χ3n) is 3.39. The van der Waals surface area contributed by atoms with E-state index in [2.05, 4.69) is 45.1 Å². The van der Waals surface area contributed by atoms with E-state index in [0.717, 1.165) is 30.3 Å². The van der Waals surface area contributed by atoms with Gasteiger partial charge in [0.15, 0.2) is 0 Å². The fourth-order valence-corrected chi connectivity index (χ4v) is 2.08. The summed E-state index contributed by atoms with van der Waals surface area (Å²) < 4.78 is 11.6. The largest absolute Gasteiger partial charge is 0.493 e. The van der Waals surface area contributed by atoms with E-state index in [1.54, 1.807) is 0 Å². The first kappa shape index (κ1) is 17.2. The molecule has 0 bridgehead atoms. The molecule has 2 aromatic rings. The fraction of sp³-hybridized carbons (Fsp3) is 0.400. The fourth-order valence-electron chi connectivity index (χ4n) is 2.08. The van der Waals surface area contributed by atoms with Gasteiger partial charge < -0.3 is 14.8 Å². The van der Waals surface area contributed by atoms with Gasteiger partial charge in [0.25, 0.3) is 0 Å². The van der Waals surface area contributed by atoms with E-state index >= 15 is 0 Å². The molecule has 0 radical (unpaired) electrons. The van der Waals surface area contributed by atoms with Crippen molar-refractivity contribution in [2.45, 2.75) is 33.8 Å². The average Bonchev–Trinajstić information content (AvgIpc) is 2.54. The molecule has 0 aliphatic rings. The third-order valence-corrected chi connectivity index (χ3v) is 3.39. The zero-order valence-electron chi connectivity index (χ0n) is 14.5. The van der Waals surface area contributed by atoms with E-state index in [1.807, 2.05) is 36.4 Å². The summed E-state index contributed by atoms with van der Waals surface area (Å²) in [6, 6.07) is 16.2. The van der Waals surface area contributed by atoms with E-state index in [-0.39, 0.29) is 6.10 Å². The summed E-state index contributed by atoms with van der Waals surface area (Å²) in [6.07, 6.45) is 0.0922. The van der Waals surface area contributed by atoms with Crippen molar-refractivity contribution in [3.63, 3.8) is 0 Å². The third kappa shape index (κ3) is 6.23. The van der Waals surface area contributed by atoms with Crippen molar-refractivity contribution < 1.29 is 9.47 Å². The van der Waals surface area contributed by atoms with Gasteiger partial charge in [-0.25, -0.2) is 0 Å². The van der Waals surface area contributed by atoms with Gasteiger partial charge in [0, 0.05) is 5.69 Å². The summed E-state index contributed by atoms with van der Waals surface area (Å²) in [5.41, 5.74) is 2.31. The van der Waals surface area contributed by atoms with Gasteiger partial charge in [0.1, 0.15) is 17.6 Å². The van der Waals surface area contributed by atoms with E-state index in [4.69, 9.17) is 9.47 Å². The van der Waals surface area contributed by atoms with Crippen LogP contribution in [-0.4, -0.2) is 19.3 Å². The number of hydrogen-bond donors (Lipinski definition) is 1. The Morgan fingerprint density at radius 3 is 2.09 bits per heavy atom. The summed E-state index contributed by atoms with van der Waals surface area (Å²) in [6.45, 7) is 9.92. The van der Waals surface area contributed by atoms with Crippen molar-refractivity contribution >= 4 is 5.69 Å². The lowest BCUT2D eigenvalue weighted by atomic mass is 10.2. The molecule has 1 atom stereocenters. The van der Waals surface area contributed by atoms with Crippen LogP contribution in [0.15, 0.2) is 48.5 Å². The molecule has 0 aliphatic carbocycles. The second-order valence-corrected chi connectivity index (χ2v) is 6.35. The maximum Gasteiger partial charge on any atom is 0.119 e. The van der Waals surface area contributed by atoms with Crippen LogP contribution in [-0.2, 0) is 0 Å². The Balaban J connectivity index is 1.77. The van der Waals surface area contributed by atoms with Crippen LogP contribution in [0.2, 0.25) is 0 Å². The first-order valence-corrected chi connectivity index (χ1v) is 8.23. The minimum atomic E-state index is 0.0922. The van der Waals surface area contributed by atoms with Crippen LogP contribution < -0.4 is 14.8 Å². The van der Waals surface area contributed by atoms with Gasteiger partial charge in [0.05, 0.1) is 13.2 Å². The molecule has 0 saturated carbocycles. The first-order chi connectivity index (χ1) is 11.0. The quantitative estimate of drug-likeness (QED) is 0.751. The summed E-state index contributed by atoms with van der Waals surface area (Å²) in [4.78, 5) is 0. The Morgan fingerprint density at radius 2 is 1.48 bits per heavy atom. The van der Waals surface area contributed by atoms with Crippen molar-refractivity contribution in [3.8, 4) is 11.5 Å². The van der Waals surface area contributed by atoms with Crippen LogP contribution in [0.3, 0.4) is 0 Å². The topological polar surface area (TPSA) is 30.5 Å². The van der Waals surface area contributed by atoms with Crippen molar-refractivity contribution in [1.82, 2.24) is 0 Å². The highest BCUT2D eigenvalue weighted by atomic mass is 16.5. The van der Waals surface area contributed by atoms with Crippen LogP contribution in [0.4, 0.5) is 5.69 Å². The van der Waals surface area contributed by atoms with Gasteiger partial charge in [0.2, 0.25) is 0 Å². The predicted molar refractivity (Wildman–Crippen MR) is 96.5 cm³/mol. The van der Waals surface area contributed by atoms with Gasteiger partial charge in [-0.2, -0.15) is 0 Å². The Morgan fingerprint density at radius 1 is 0.870 bits per heavy atom. The predicted octanol–water partition coefficient (Wildman–Crippen LogP) is 4.91. The Kier molecular flexibility index (Phi) is 6.33. The van der Waals surface area contributed by atoms with E-state index in [0.29, 0.717) is 5.92 Å². The highest BCUT2D eigenvalue weighted by molar-refractivity contribution is 5.46. The van der Waals surface area contributed by atoms with Gasteiger partial charge in [-0.05, 0) is 56.2 Å². The molecule has 0 amide bonds. The zero-order valence-corrected chi connectivity index (χ0v) is 14.5. The highest BCUT2D eigenvalue weighted by Crippen LogP contribution is 2.17. The molecule has 0 saturated heterocycles. The maximum absolute atomic E-state index is 5.89. The van der Waals surface area contributed by atoms with Crippen molar-refractivity contribution in [2.24, 2.45) is 5.92 Å². The van der Waals surface area contributed by atoms with E-state index in [9.17, 15) is 0 Å². The van der Waals surface area contributed by atoms with Crippen LogP contribution in [0.5, 0.6) is 11.5 Å². The molecule has 0 fully saturated rings. The van der Waals surface area contributed by atoms with E-state index in [1.165, 1.54) is 5.56 Å². The zero-order chi connectivity index (χ0) is 16.7. The molecule has 1 unspecified atom stereocenters. The second kappa shape index (κ2) is 8.47. The molecule has 23 heavy (non-hydrogen) atoms. The molecule has 0 spiro atoms. The first-order valence-electron chi connectivity index (χ1n) is 8.23. The smallest absolute Gasteiger partial charge is 0.119 e. The Labute approximate surface area is 139 Å². The number of benzene rings is 2. The molecule has 2 aromatic carbocycles. The molecular formula is C20H27NO2. The lowest BCUT2D eigenvalue weighted by Crippen LogP contribution is -2.22. The number of rotatable bonds is 8. The number of hydrogen-bond acceptors (Lipinski definition) is 3. The SMILES string of the molecule is Cc1ccc(OC(C)CNc2ccc(OCC(C)C)cc2)cc1. The minimum absolute atomic E-state index is 0.0922. The summed E-state index contributed by atoms with van der Waals surface area (Å²) >= 11 is 0. The summed E-state index contributed by atoms with van der Waals surface area (Å²) in [5.74, 6) is 2.35. The number of aryl methyl sites for hydroxylation is 1. The van der Waals surface area contributed by atoms with Crippen molar-refractivity contribution in [2.75, 3.05) is 18.5 Å². The molecule has 0 aromatic heterocycles. The molecule has 3 heteroatoms. The Bertz CT molecular complexity index is 576. The molecule has 2 rings (SSSR count). The maximum atomic E-state index is 5.89. The van der Waals surface area contributed by atoms with Crippen LogP contribution >= 0.6 is 0 Å². The average molecular weight is 313 g/mol. The molecule has 1 N–H and O–H groups in total. The highest BCUT2D eigenvalue weighted by Gasteiger charge is 2.04. The summed E-state index contributed by atoms with van der Waals surface area (Å²) in [5, 5.41) is 3.39. The second-order valence-electron chi connectivity index (χ2n) is 6.35. The number of ether oxygens (including phenoxy) is 2. The molecular weight excluding hydrogens is 286 g/mol. The van der Waals surface area contributed by atoms with Crippen LogP contribution in [0.25, 0.3) is 0 Å². The molecule has 3 nitrogen and oxygen atoms in total.